The van der Waals surface area contributed by atoms with Crippen LogP contribution in [-0.2, 0) is 0 Å². The first-order valence-corrected chi connectivity index (χ1v) is 7.93. The van der Waals surface area contributed by atoms with Crippen LogP contribution in [0, 0.1) is 0 Å². The van der Waals surface area contributed by atoms with Crippen LogP contribution in [0.25, 0.3) is 27.8 Å². The highest BCUT2D eigenvalue weighted by molar-refractivity contribution is 6.30. The summed E-state index contributed by atoms with van der Waals surface area (Å²) in [4.78, 5) is 14.1. The van der Waals surface area contributed by atoms with Gasteiger partial charge in [-0.2, -0.15) is 0 Å². The lowest BCUT2D eigenvalue weighted by atomic mass is 10.0. The topological polar surface area (TPSA) is 78.2 Å². The highest BCUT2D eigenvalue weighted by Gasteiger charge is 2.10. The normalized spacial score (nSPS) is 11.1. The Bertz CT molecular complexity index is 1140. The number of aromatic hydroxyl groups is 2. The van der Waals surface area contributed by atoms with Gasteiger partial charge in [0.25, 0.3) is 5.56 Å². The first-order chi connectivity index (χ1) is 12.0. The molecule has 3 N–H and O–H groups in total. The number of phenols is 1. The lowest BCUT2D eigenvalue weighted by molar-refractivity contribution is 0.477. The van der Waals surface area contributed by atoms with Gasteiger partial charge in [-0.15, -0.1) is 0 Å². The number of aromatic amines is 1. The molecule has 2 heterocycles. The maximum atomic E-state index is 11.4. The predicted octanol–water partition coefficient (Wildman–Crippen LogP) is 4.05. The summed E-state index contributed by atoms with van der Waals surface area (Å²) >= 11 is 5.87. The largest absolute Gasteiger partial charge is 0.507 e. The molecule has 0 bridgehead atoms. The lowest BCUT2D eigenvalue weighted by Crippen LogP contribution is -2.03. The van der Waals surface area contributed by atoms with Crippen molar-refractivity contribution in [1.82, 2.24) is 9.55 Å². The molecule has 4 aromatic rings. The number of H-pyrrole nitrogens is 1. The van der Waals surface area contributed by atoms with Crippen molar-refractivity contribution in [1.29, 1.82) is 0 Å². The molecule has 0 amide bonds. The van der Waals surface area contributed by atoms with E-state index < -0.39 is 0 Å². The summed E-state index contributed by atoms with van der Waals surface area (Å²) in [6.45, 7) is 0. The number of halogens is 1. The molecule has 0 aliphatic heterocycles. The molecule has 0 unspecified atom stereocenters. The van der Waals surface area contributed by atoms with Crippen molar-refractivity contribution in [3.63, 3.8) is 0 Å². The van der Waals surface area contributed by atoms with Crippen molar-refractivity contribution in [3.05, 3.63) is 76.2 Å². The molecular weight excluding hydrogens is 340 g/mol. The molecule has 0 atom stereocenters. The first-order valence-electron chi connectivity index (χ1n) is 7.55. The van der Waals surface area contributed by atoms with E-state index in [9.17, 15) is 15.0 Å². The van der Waals surface area contributed by atoms with Gasteiger partial charge >= 0.3 is 0 Å². The molecule has 0 fully saturated rings. The molecule has 0 saturated heterocycles. The van der Waals surface area contributed by atoms with E-state index in [4.69, 9.17) is 11.6 Å². The minimum absolute atomic E-state index is 0.0804. The zero-order valence-corrected chi connectivity index (χ0v) is 13.7. The maximum absolute atomic E-state index is 11.4. The first kappa shape index (κ1) is 15.4. The number of hydrogen-bond acceptors (Lipinski definition) is 3. The van der Waals surface area contributed by atoms with Crippen LogP contribution >= 0.6 is 11.6 Å². The van der Waals surface area contributed by atoms with Crippen LogP contribution < -0.4 is 5.56 Å². The number of rotatable bonds is 2. The van der Waals surface area contributed by atoms with Gasteiger partial charge in [-0.3, -0.25) is 4.79 Å². The second kappa shape index (κ2) is 5.72. The Kier molecular flexibility index (Phi) is 3.51. The molecule has 0 saturated carbocycles. The zero-order valence-electron chi connectivity index (χ0n) is 12.9. The van der Waals surface area contributed by atoms with Gasteiger partial charge in [0.2, 0.25) is 0 Å². The fourth-order valence-corrected chi connectivity index (χ4v) is 3.09. The van der Waals surface area contributed by atoms with E-state index in [2.05, 4.69) is 4.98 Å². The molecule has 0 radical (unpaired) electrons. The lowest BCUT2D eigenvalue weighted by Gasteiger charge is -2.09. The summed E-state index contributed by atoms with van der Waals surface area (Å²) in [6, 6.07) is 15.3. The number of nitrogens with one attached hydrogen (secondary N) is 1. The van der Waals surface area contributed by atoms with Gasteiger partial charge in [0.15, 0.2) is 0 Å². The number of fused-ring (bicyclic) bond motifs is 1. The van der Waals surface area contributed by atoms with Crippen molar-refractivity contribution >= 4 is 22.6 Å². The molecule has 25 heavy (non-hydrogen) atoms. The fraction of sp³-hybridized carbons (Fsp3) is 0. The van der Waals surface area contributed by atoms with Crippen LogP contribution in [0.4, 0.5) is 0 Å². The molecule has 6 heteroatoms. The molecule has 2 aromatic carbocycles. The van der Waals surface area contributed by atoms with E-state index in [0.717, 1.165) is 17.3 Å². The number of nitrogens with zero attached hydrogens (tertiary/aromatic N) is 1. The van der Waals surface area contributed by atoms with Crippen molar-refractivity contribution < 1.29 is 10.2 Å². The van der Waals surface area contributed by atoms with E-state index in [1.54, 1.807) is 29.0 Å². The average Bonchev–Trinajstić information content (AvgIpc) is 2.99. The van der Waals surface area contributed by atoms with Crippen molar-refractivity contribution in [2.45, 2.75) is 0 Å². The molecule has 0 aliphatic carbocycles. The summed E-state index contributed by atoms with van der Waals surface area (Å²) in [5.74, 6) is 0.0325. The molecular formula is C19H13ClN2O3. The average molecular weight is 353 g/mol. The van der Waals surface area contributed by atoms with E-state index in [1.807, 2.05) is 24.3 Å². The smallest absolute Gasteiger partial charge is 0.252 e. The van der Waals surface area contributed by atoms with Crippen LogP contribution in [0.1, 0.15) is 0 Å². The number of hydrogen-bond donors (Lipinski definition) is 3. The standard InChI is InChI=1S/C19H13ClN2O3/c20-12-3-6-14(16(23)9-12)11-1-4-13(5-2-11)22-8-7-15-19(22)17(24)10-18(25)21-15/h1-10,23H,(H2,21,24,25). The van der Waals surface area contributed by atoms with E-state index in [-0.39, 0.29) is 17.1 Å². The van der Waals surface area contributed by atoms with E-state index >= 15 is 0 Å². The second-order valence-corrected chi connectivity index (χ2v) is 6.11. The second-order valence-electron chi connectivity index (χ2n) is 5.68. The summed E-state index contributed by atoms with van der Waals surface area (Å²) in [5, 5.41) is 20.6. The highest BCUT2D eigenvalue weighted by Crippen LogP contribution is 2.32. The van der Waals surface area contributed by atoms with Gasteiger partial charge in [-0.1, -0.05) is 23.7 Å². The molecule has 0 aliphatic rings. The van der Waals surface area contributed by atoms with Crippen molar-refractivity contribution in [2.75, 3.05) is 0 Å². The molecule has 5 nitrogen and oxygen atoms in total. The van der Waals surface area contributed by atoms with E-state index in [1.165, 1.54) is 6.07 Å². The van der Waals surface area contributed by atoms with Gasteiger partial charge in [-0.05, 0) is 42.0 Å². The fourth-order valence-electron chi connectivity index (χ4n) is 2.92. The van der Waals surface area contributed by atoms with Gasteiger partial charge in [0.05, 0.1) is 5.52 Å². The summed E-state index contributed by atoms with van der Waals surface area (Å²) in [7, 11) is 0. The van der Waals surface area contributed by atoms with Crippen LogP contribution in [0.2, 0.25) is 5.02 Å². The van der Waals surface area contributed by atoms with Crippen LogP contribution in [0.15, 0.2) is 65.6 Å². The van der Waals surface area contributed by atoms with Crippen LogP contribution in [0.3, 0.4) is 0 Å². The number of pyridine rings is 1. The summed E-state index contributed by atoms with van der Waals surface area (Å²) in [6.07, 6.45) is 1.77. The Morgan fingerprint density at radius 3 is 2.40 bits per heavy atom. The molecule has 0 spiro atoms. The van der Waals surface area contributed by atoms with Gasteiger partial charge in [-0.25, -0.2) is 0 Å². The predicted molar refractivity (Wildman–Crippen MR) is 97.7 cm³/mol. The molecule has 2 aromatic heterocycles. The van der Waals surface area contributed by atoms with E-state index in [0.29, 0.717) is 21.6 Å². The van der Waals surface area contributed by atoms with Gasteiger partial charge in [0, 0.05) is 28.5 Å². The Hall–Kier alpha value is -3.18. The summed E-state index contributed by atoms with van der Waals surface area (Å²) < 4.78 is 1.78. The van der Waals surface area contributed by atoms with Crippen molar-refractivity contribution in [2.24, 2.45) is 0 Å². The quantitative estimate of drug-likeness (QED) is 0.509. The minimum atomic E-state index is -0.351. The zero-order chi connectivity index (χ0) is 17.6. The number of benzene rings is 2. The SMILES string of the molecule is O=c1cc(O)c2c(ccn2-c2ccc(-c3ccc(Cl)cc3O)cc2)[nH]1. The Morgan fingerprint density at radius 2 is 1.68 bits per heavy atom. The Labute approximate surface area is 147 Å². The third kappa shape index (κ3) is 2.64. The summed E-state index contributed by atoms with van der Waals surface area (Å²) in [5.41, 5.74) is 3.07. The van der Waals surface area contributed by atoms with Crippen LogP contribution in [0.5, 0.6) is 11.5 Å². The Balaban J connectivity index is 1.80. The van der Waals surface area contributed by atoms with Crippen molar-refractivity contribution in [3.8, 4) is 28.3 Å². The van der Waals surface area contributed by atoms with Crippen LogP contribution in [-0.4, -0.2) is 19.8 Å². The van der Waals surface area contributed by atoms with Gasteiger partial charge < -0.3 is 19.8 Å². The molecule has 4 rings (SSSR count). The minimum Gasteiger partial charge on any atom is -0.507 e. The number of aromatic nitrogens is 2. The van der Waals surface area contributed by atoms with Gasteiger partial charge in [0.1, 0.15) is 17.0 Å². The third-order valence-corrected chi connectivity index (χ3v) is 4.31. The monoisotopic (exact) mass is 352 g/mol. The highest BCUT2D eigenvalue weighted by atomic mass is 35.5. The number of phenolic OH excluding ortho intramolecular Hbond substituents is 1. The third-order valence-electron chi connectivity index (χ3n) is 4.07. The molecule has 124 valence electrons. The maximum Gasteiger partial charge on any atom is 0.252 e. The Morgan fingerprint density at radius 1 is 0.920 bits per heavy atom.